The van der Waals surface area contributed by atoms with E-state index in [1.807, 2.05) is 74.7 Å². The summed E-state index contributed by atoms with van der Waals surface area (Å²) >= 11 is 8.06. The number of carbonyl (C=O) groups is 1. The van der Waals surface area contributed by atoms with Crippen LogP contribution in [0.4, 0.5) is 0 Å². The van der Waals surface area contributed by atoms with E-state index in [4.69, 9.17) is 16.0 Å². The Morgan fingerprint density at radius 3 is 2.39 bits per heavy atom. The van der Waals surface area contributed by atoms with Gasteiger partial charge in [0.05, 0.1) is 17.0 Å². The van der Waals surface area contributed by atoms with Crippen molar-refractivity contribution < 1.29 is 9.21 Å². The molecule has 5 rings (SSSR count). The zero-order valence-corrected chi connectivity index (χ0v) is 20.1. The molecule has 1 aliphatic rings. The van der Waals surface area contributed by atoms with E-state index in [-0.39, 0.29) is 23.6 Å². The van der Waals surface area contributed by atoms with Gasteiger partial charge >= 0.3 is 0 Å². The molecule has 1 aliphatic heterocycles. The van der Waals surface area contributed by atoms with Gasteiger partial charge in [-0.15, -0.1) is 11.8 Å². The fourth-order valence-corrected chi connectivity index (χ4v) is 4.99. The predicted molar refractivity (Wildman–Crippen MR) is 133 cm³/mol. The third-order valence-corrected chi connectivity index (χ3v) is 7.42. The number of carbonyl (C=O) groups excluding carboxylic acids is 1. The molecule has 0 saturated carbocycles. The minimum Gasteiger partial charge on any atom is -0.450 e. The summed E-state index contributed by atoms with van der Waals surface area (Å²) in [6, 6.07) is 18.5. The molecule has 1 atom stereocenters. The summed E-state index contributed by atoms with van der Waals surface area (Å²) in [5.41, 5.74) is 4.35. The lowest BCUT2D eigenvalue weighted by Gasteiger charge is -2.25. The van der Waals surface area contributed by atoms with Crippen molar-refractivity contribution in [3.63, 3.8) is 0 Å². The average molecular weight is 476 g/mol. The van der Waals surface area contributed by atoms with Crippen LogP contribution in [-0.4, -0.2) is 17.1 Å². The van der Waals surface area contributed by atoms with Gasteiger partial charge in [0.2, 0.25) is 5.76 Å². The van der Waals surface area contributed by atoms with Crippen LogP contribution < -0.4 is 5.43 Å². The van der Waals surface area contributed by atoms with E-state index in [1.165, 1.54) is 0 Å². The van der Waals surface area contributed by atoms with Crippen LogP contribution in [0, 0.1) is 13.8 Å². The van der Waals surface area contributed by atoms with Gasteiger partial charge in [-0.25, -0.2) is 0 Å². The number of thioether (sulfide) groups is 1. The molecular weight excluding hydrogens is 454 g/mol. The Morgan fingerprint density at radius 2 is 1.70 bits per heavy atom. The molecule has 4 nitrogen and oxygen atoms in total. The van der Waals surface area contributed by atoms with E-state index >= 15 is 0 Å². The third-order valence-electron chi connectivity index (χ3n) is 6.31. The number of nitrogens with zero attached hydrogens (tertiary/aromatic N) is 1. The Bertz CT molecular complexity index is 1460. The van der Waals surface area contributed by atoms with Gasteiger partial charge in [0.15, 0.2) is 5.43 Å². The minimum absolute atomic E-state index is 0.113. The summed E-state index contributed by atoms with van der Waals surface area (Å²) in [6.07, 6.45) is 2.01. The second-order valence-corrected chi connectivity index (χ2v) is 9.59. The first-order valence-corrected chi connectivity index (χ1v) is 12.3. The number of aryl methyl sites for hydroxylation is 2. The zero-order chi connectivity index (χ0) is 23.3. The van der Waals surface area contributed by atoms with Crippen molar-refractivity contribution in [1.29, 1.82) is 0 Å². The van der Waals surface area contributed by atoms with Crippen molar-refractivity contribution in [2.45, 2.75) is 31.3 Å². The molecule has 0 aliphatic carbocycles. The predicted octanol–water partition coefficient (Wildman–Crippen LogP) is 6.53. The summed E-state index contributed by atoms with van der Waals surface area (Å²) in [5, 5.41) is 1.07. The Labute approximate surface area is 201 Å². The van der Waals surface area contributed by atoms with Crippen LogP contribution in [0.15, 0.2) is 74.8 Å². The Balaban J connectivity index is 1.74. The molecule has 6 heteroatoms. The van der Waals surface area contributed by atoms with E-state index in [0.29, 0.717) is 21.6 Å². The second-order valence-electron chi connectivity index (χ2n) is 8.31. The Kier molecular flexibility index (Phi) is 5.55. The topological polar surface area (TPSA) is 50.5 Å². The van der Waals surface area contributed by atoms with E-state index in [0.717, 1.165) is 27.1 Å². The molecule has 0 bridgehead atoms. The molecule has 33 heavy (non-hydrogen) atoms. The Morgan fingerprint density at radius 1 is 1.00 bits per heavy atom. The van der Waals surface area contributed by atoms with Crippen molar-refractivity contribution in [2.24, 2.45) is 0 Å². The Hall–Kier alpha value is -3.02. The van der Waals surface area contributed by atoms with Crippen LogP contribution in [-0.2, 0) is 6.54 Å². The van der Waals surface area contributed by atoms with Crippen molar-refractivity contribution in [3.05, 3.63) is 109 Å². The number of amides is 1. The number of benzene rings is 3. The summed E-state index contributed by atoms with van der Waals surface area (Å²) in [7, 11) is 0. The van der Waals surface area contributed by atoms with Gasteiger partial charge in [0, 0.05) is 16.5 Å². The first kappa shape index (κ1) is 21.8. The van der Waals surface area contributed by atoms with E-state index in [1.54, 1.807) is 22.7 Å². The second kappa shape index (κ2) is 8.40. The van der Waals surface area contributed by atoms with Gasteiger partial charge < -0.3 is 9.32 Å². The van der Waals surface area contributed by atoms with Crippen molar-refractivity contribution in [3.8, 4) is 0 Å². The van der Waals surface area contributed by atoms with Crippen molar-refractivity contribution in [1.82, 2.24) is 4.90 Å². The molecule has 2 heterocycles. The van der Waals surface area contributed by atoms with Crippen LogP contribution in [0.1, 0.15) is 44.4 Å². The van der Waals surface area contributed by atoms with Gasteiger partial charge in [-0.2, -0.15) is 0 Å². The van der Waals surface area contributed by atoms with Gasteiger partial charge in [-0.3, -0.25) is 9.59 Å². The number of hydrogen-bond donors (Lipinski definition) is 0. The largest absolute Gasteiger partial charge is 0.450 e. The number of fused-ring (bicyclic) bond motifs is 2. The summed E-state index contributed by atoms with van der Waals surface area (Å²) in [6.45, 7) is 4.20. The maximum Gasteiger partial charge on any atom is 0.291 e. The molecule has 1 aromatic heterocycles. The number of hydrogen-bond acceptors (Lipinski definition) is 4. The first-order chi connectivity index (χ1) is 15.9. The van der Waals surface area contributed by atoms with Gasteiger partial charge in [-0.1, -0.05) is 41.9 Å². The highest BCUT2D eigenvalue weighted by Gasteiger charge is 2.42. The highest BCUT2D eigenvalue weighted by molar-refractivity contribution is 7.98. The smallest absolute Gasteiger partial charge is 0.291 e. The highest BCUT2D eigenvalue weighted by atomic mass is 35.5. The normalized spacial score (nSPS) is 15.3. The van der Waals surface area contributed by atoms with E-state index in [2.05, 4.69) is 0 Å². The molecule has 0 fully saturated rings. The quantitative estimate of drug-likeness (QED) is 0.315. The molecule has 0 N–H and O–H groups in total. The van der Waals surface area contributed by atoms with Crippen LogP contribution in [0.2, 0.25) is 5.02 Å². The monoisotopic (exact) mass is 475 g/mol. The fraction of sp³-hybridized carbons (Fsp3) is 0.185. The number of rotatable bonds is 4. The third kappa shape index (κ3) is 3.65. The van der Waals surface area contributed by atoms with Crippen molar-refractivity contribution in [2.75, 3.05) is 6.26 Å². The maximum atomic E-state index is 13.7. The van der Waals surface area contributed by atoms with Gasteiger partial charge in [-0.05, 0) is 72.7 Å². The van der Waals surface area contributed by atoms with Crippen LogP contribution in [0.25, 0.3) is 11.0 Å². The first-order valence-electron chi connectivity index (χ1n) is 10.7. The standard InChI is InChI=1S/C27H22ClNO3S/c1-15-12-20-22(13-16(15)2)32-26-23(25(20)30)24(17-8-10-19(33-3)11-9-17)29(27(26)31)14-18-6-4-5-7-21(18)28/h4-13,24H,14H2,1-3H3. The van der Waals surface area contributed by atoms with E-state index in [9.17, 15) is 9.59 Å². The molecule has 3 aromatic carbocycles. The summed E-state index contributed by atoms with van der Waals surface area (Å²) in [4.78, 5) is 30.1. The minimum atomic E-state index is -0.554. The van der Waals surface area contributed by atoms with E-state index < -0.39 is 6.04 Å². The van der Waals surface area contributed by atoms with Crippen LogP contribution in [0.3, 0.4) is 0 Å². The summed E-state index contributed by atoms with van der Waals surface area (Å²) < 4.78 is 6.10. The molecule has 1 unspecified atom stereocenters. The molecule has 0 spiro atoms. The molecule has 4 aromatic rings. The lowest BCUT2D eigenvalue weighted by molar-refractivity contribution is 0.0714. The summed E-state index contributed by atoms with van der Waals surface area (Å²) in [5.74, 6) is -0.192. The van der Waals surface area contributed by atoms with Gasteiger partial charge in [0.25, 0.3) is 5.91 Å². The van der Waals surface area contributed by atoms with Crippen LogP contribution in [0.5, 0.6) is 0 Å². The lowest BCUT2D eigenvalue weighted by atomic mass is 9.97. The molecule has 0 saturated heterocycles. The van der Waals surface area contributed by atoms with Gasteiger partial charge in [0.1, 0.15) is 5.58 Å². The lowest BCUT2D eigenvalue weighted by Crippen LogP contribution is -2.29. The highest BCUT2D eigenvalue weighted by Crippen LogP contribution is 2.40. The number of halogens is 1. The fourth-order valence-electron chi connectivity index (χ4n) is 4.38. The zero-order valence-electron chi connectivity index (χ0n) is 18.5. The SMILES string of the molecule is CSc1ccc(C2c3c(oc4cc(C)c(C)cc4c3=O)C(=O)N2Cc2ccccc2Cl)cc1. The average Bonchev–Trinajstić information content (AvgIpc) is 3.09. The molecule has 166 valence electrons. The van der Waals surface area contributed by atoms with Crippen molar-refractivity contribution >= 4 is 40.2 Å². The molecular formula is C27H22ClNO3S. The molecule has 0 radical (unpaired) electrons. The molecule has 1 amide bonds. The maximum absolute atomic E-state index is 13.7. The van der Waals surface area contributed by atoms with Crippen LogP contribution >= 0.6 is 23.4 Å².